The van der Waals surface area contributed by atoms with Crippen LogP contribution in [0.5, 0.6) is 11.5 Å². The molecule has 2 aliphatic heterocycles. The predicted molar refractivity (Wildman–Crippen MR) is 107 cm³/mol. The molecule has 0 radical (unpaired) electrons. The van der Waals surface area contributed by atoms with Crippen molar-refractivity contribution in [2.24, 2.45) is 5.10 Å². The number of benzene rings is 2. The maximum atomic E-state index is 12.7. The van der Waals surface area contributed by atoms with Crippen LogP contribution in [-0.4, -0.2) is 44.2 Å². The van der Waals surface area contributed by atoms with Crippen molar-refractivity contribution in [1.29, 1.82) is 0 Å². The van der Waals surface area contributed by atoms with Crippen molar-refractivity contribution < 1.29 is 22.7 Å². The van der Waals surface area contributed by atoms with Crippen molar-refractivity contribution in [1.82, 2.24) is 9.73 Å². The van der Waals surface area contributed by atoms with Gasteiger partial charge in [-0.2, -0.15) is 9.41 Å². The highest BCUT2D eigenvalue weighted by Crippen LogP contribution is 2.32. The van der Waals surface area contributed by atoms with Crippen LogP contribution >= 0.6 is 0 Å². The van der Waals surface area contributed by atoms with E-state index in [4.69, 9.17) is 9.47 Å². The predicted octanol–water partition coefficient (Wildman–Crippen LogP) is 2.35. The average Bonchev–Trinajstić information content (AvgIpc) is 3.43. The van der Waals surface area contributed by atoms with Gasteiger partial charge in [-0.1, -0.05) is 6.07 Å². The minimum atomic E-state index is -3.58. The molecule has 1 saturated heterocycles. The lowest BCUT2D eigenvalue weighted by atomic mass is 10.1. The number of sulfonamides is 1. The van der Waals surface area contributed by atoms with Crippen molar-refractivity contribution in [2.75, 3.05) is 19.9 Å². The van der Waals surface area contributed by atoms with E-state index in [1.165, 1.54) is 16.4 Å². The van der Waals surface area contributed by atoms with Crippen molar-refractivity contribution in [2.45, 2.75) is 24.7 Å². The summed E-state index contributed by atoms with van der Waals surface area (Å²) in [4.78, 5) is 12.6. The molecule has 2 aromatic rings. The lowest BCUT2D eigenvalue weighted by Gasteiger charge is -2.15. The first-order valence-corrected chi connectivity index (χ1v) is 10.7. The molecule has 1 fully saturated rings. The number of hydrogen-bond acceptors (Lipinski definition) is 6. The molecule has 0 aliphatic carbocycles. The number of rotatable bonds is 5. The van der Waals surface area contributed by atoms with E-state index >= 15 is 0 Å². The summed E-state index contributed by atoms with van der Waals surface area (Å²) in [6.45, 7) is 2.96. The van der Waals surface area contributed by atoms with Gasteiger partial charge in [-0.15, -0.1) is 0 Å². The van der Waals surface area contributed by atoms with Crippen LogP contribution < -0.4 is 14.9 Å². The molecular weight excluding hydrogens is 394 g/mol. The van der Waals surface area contributed by atoms with Crippen LogP contribution in [0.2, 0.25) is 0 Å². The molecule has 2 aliphatic rings. The summed E-state index contributed by atoms with van der Waals surface area (Å²) in [5.74, 6) is 0.813. The largest absolute Gasteiger partial charge is 0.454 e. The van der Waals surface area contributed by atoms with Crippen LogP contribution in [0.25, 0.3) is 0 Å². The summed E-state index contributed by atoms with van der Waals surface area (Å²) in [5, 5.41) is 4.13. The first kappa shape index (κ1) is 19.4. The zero-order chi connectivity index (χ0) is 20.4. The molecule has 152 valence electrons. The lowest BCUT2D eigenvalue weighted by Crippen LogP contribution is -2.28. The molecule has 0 bridgehead atoms. The number of carbonyl (C=O) groups excluding carboxylic acids is 1. The van der Waals surface area contributed by atoms with Crippen LogP contribution in [0.1, 0.15) is 35.7 Å². The Bertz CT molecular complexity index is 1080. The molecule has 0 atom stereocenters. The van der Waals surface area contributed by atoms with Gasteiger partial charge in [0, 0.05) is 24.2 Å². The lowest BCUT2D eigenvalue weighted by molar-refractivity contribution is 0.0954. The Hall–Kier alpha value is -2.91. The zero-order valence-electron chi connectivity index (χ0n) is 15.9. The molecule has 8 nitrogen and oxygen atoms in total. The SMILES string of the molecule is C/C(=N/NC(=O)c1cccc(S(=O)(=O)N2CCCC2)c1)c1ccc2c(c1)OCO2. The smallest absolute Gasteiger partial charge is 0.271 e. The summed E-state index contributed by atoms with van der Waals surface area (Å²) in [6, 6.07) is 11.4. The second-order valence-corrected chi connectivity index (χ2v) is 8.78. The number of nitrogens with one attached hydrogen (secondary N) is 1. The molecule has 29 heavy (non-hydrogen) atoms. The van der Waals surface area contributed by atoms with Gasteiger partial charge in [0.2, 0.25) is 16.8 Å². The average molecular weight is 415 g/mol. The minimum Gasteiger partial charge on any atom is -0.454 e. The normalized spacial score (nSPS) is 16.8. The summed E-state index contributed by atoms with van der Waals surface area (Å²) in [7, 11) is -3.58. The van der Waals surface area contributed by atoms with E-state index in [0.29, 0.717) is 30.3 Å². The monoisotopic (exact) mass is 415 g/mol. The second-order valence-electron chi connectivity index (χ2n) is 6.85. The summed E-state index contributed by atoms with van der Waals surface area (Å²) < 4.78 is 37.5. The Morgan fingerprint density at radius 1 is 1.03 bits per heavy atom. The van der Waals surface area contributed by atoms with E-state index in [1.807, 2.05) is 6.07 Å². The maximum Gasteiger partial charge on any atom is 0.271 e. The first-order valence-electron chi connectivity index (χ1n) is 9.30. The molecule has 9 heteroatoms. The number of amides is 1. The van der Waals surface area contributed by atoms with Crippen LogP contribution in [0.3, 0.4) is 0 Å². The van der Waals surface area contributed by atoms with E-state index in [1.54, 1.807) is 31.2 Å². The molecule has 0 saturated carbocycles. The number of fused-ring (bicyclic) bond motifs is 1. The Balaban J connectivity index is 1.49. The second kappa shape index (κ2) is 7.84. The zero-order valence-corrected chi connectivity index (χ0v) is 16.7. The number of nitrogens with zero attached hydrogens (tertiary/aromatic N) is 2. The highest BCUT2D eigenvalue weighted by Gasteiger charge is 2.27. The molecule has 4 rings (SSSR count). The summed E-state index contributed by atoms with van der Waals surface area (Å²) >= 11 is 0. The molecular formula is C20H21N3O5S. The maximum absolute atomic E-state index is 12.7. The van der Waals surface area contributed by atoms with Gasteiger partial charge < -0.3 is 9.47 Å². The highest BCUT2D eigenvalue weighted by atomic mass is 32.2. The van der Waals surface area contributed by atoms with Gasteiger partial charge in [0.25, 0.3) is 5.91 Å². The molecule has 1 amide bonds. The van der Waals surface area contributed by atoms with Crippen molar-refractivity contribution in [3.8, 4) is 11.5 Å². The van der Waals surface area contributed by atoms with E-state index in [9.17, 15) is 13.2 Å². The standard InChI is InChI=1S/C20H21N3O5S/c1-14(15-7-8-18-19(12-15)28-13-27-18)21-22-20(24)16-5-4-6-17(11-16)29(25,26)23-9-2-3-10-23/h4-8,11-12H,2-3,9-10,13H2,1H3,(H,22,24)/b21-14-. The van der Waals surface area contributed by atoms with Gasteiger partial charge in [0.05, 0.1) is 10.6 Å². The summed E-state index contributed by atoms with van der Waals surface area (Å²) in [5.41, 5.74) is 4.07. The van der Waals surface area contributed by atoms with E-state index in [0.717, 1.165) is 18.4 Å². The van der Waals surface area contributed by atoms with E-state index in [-0.39, 0.29) is 17.3 Å². The fraction of sp³-hybridized carbons (Fsp3) is 0.300. The molecule has 2 aromatic carbocycles. The molecule has 2 heterocycles. The molecule has 0 unspecified atom stereocenters. The topological polar surface area (TPSA) is 97.3 Å². The quantitative estimate of drug-likeness (QED) is 0.597. The van der Waals surface area contributed by atoms with Gasteiger partial charge in [-0.3, -0.25) is 4.79 Å². The van der Waals surface area contributed by atoms with Crippen molar-refractivity contribution >= 4 is 21.6 Å². The van der Waals surface area contributed by atoms with Crippen LogP contribution in [0.4, 0.5) is 0 Å². The van der Waals surface area contributed by atoms with Crippen LogP contribution in [0, 0.1) is 0 Å². The van der Waals surface area contributed by atoms with E-state index < -0.39 is 15.9 Å². The fourth-order valence-corrected chi connectivity index (χ4v) is 4.82. The Morgan fingerprint density at radius 2 is 1.79 bits per heavy atom. The minimum absolute atomic E-state index is 0.114. The van der Waals surface area contributed by atoms with Gasteiger partial charge >= 0.3 is 0 Å². The summed E-state index contributed by atoms with van der Waals surface area (Å²) in [6.07, 6.45) is 1.71. The third kappa shape index (κ3) is 3.96. The molecule has 0 aromatic heterocycles. The van der Waals surface area contributed by atoms with Crippen molar-refractivity contribution in [3.63, 3.8) is 0 Å². The Morgan fingerprint density at radius 3 is 2.59 bits per heavy atom. The van der Waals surface area contributed by atoms with Crippen LogP contribution in [-0.2, 0) is 10.0 Å². The molecule has 0 spiro atoms. The third-order valence-electron chi connectivity index (χ3n) is 4.91. The number of hydrogen-bond donors (Lipinski definition) is 1. The third-order valence-corrected chi connectivity index (χ3v) is 6.81. The molecule has 1 N–H and O–H groups in total. The fourth-order valence-electron chi connectivity index (χ4n) is 3.26. The Labute approximate surface area is 169 Å². The van der Waals surface area contributed by atoms with Crippen LogP contribution in [0.15, 0.2) is 52.5 Å². The van der Waals surface area contributed by atoms with Gasteiger partial charge in [-0.05, 0) is 56.2 Å². The van der Waals surface area contributed by atoms with Crippen molar-refractivity contribution in [3.05, 3.63) is 53.6 Å². The highest BCUT2D eigenvalue weighted by molar-refractivity contribution is 7.89. The van der Waals surface area contributed by atoms with Gasteiger partial charge in [0.1, 0.15) is 0 Å². The van der Waals surface area contributed by atoms with Gasteiger partial charge in [0.15, 0.2) is 11.5 Å². The number of ether oxygens (including phenoxy) is 2. The number of hydrazone groups is 1. The van der Waals surface area contributed by atoms with Gasteiger partial charge in [-0.25, -0.2) is 13.8 Å². The number of carbonyl (C=O) groups is 1. The van der Waals surface area contributed by atoms with E-state index in [2.05, 4.69) is 10.5 Å². The first-order chi connectivity index (χ1) is 13.9. The Kier molecular flexibility index (Phi) is 5.25.